The van der Waals surface area contributed by atoms with Crippen molar-refractivity contribution in [2.24, 2.45) is 14.9 Å². The second-order valence-corrected chi connectivity index (χ2v) is 9.06. The zero-order valence-corrected chi connectivity index (χ0v) is 16.7. The highest BCUT2D eigenvalue weighted by Crippen LogP contribution is 2.29. The molecule has 1 aliphatic heterocycles. The van der Waals surface area contributed by atoms with Crippen LogP contribution in [-0.2, 0) is 10.0 Å². The zero-order chi connectivity index (χ0) is 18.4. The average molecular weight is 403 g/mol. The fraction of sp³-hybridized carbons (Fsp3) is 0.500. The van der Waals surface area contributed by atoms with Gasteiger partial charge in [0.1, 0.15) is 0 Å². The Morgan fingerprint density at radius 3 is 2.84 bits per heavy atom. The molecular formula is C14H19ClN6O2S2. The van der Waals surface area contributed by atoms with Crippen LogP contribution in [0.5, 0.6) is 0 Å². The van der Waals surface area contributed by atoms with Crippen LogP contribution in [0.15, 0.2) is 26.1 Å². The van der Waals surface area contributed by atoms with E-state index in [-0.39, 0.29) is 21.6 Å². The monoisotopic (exact) mass is 402 g/mol. The van der Waals surface area contributed by atoms with Crippen LogP contribution in [0.25, 0.3) is 4.96 Å². The number of nitrogens with zero attached hydrogens (tertiary/aromatic N) is 5. The summed E-state index contributed by atoms with van der Waals surface area (Å²) in [6, 6.07) is 0. The Hall–Kier alpha value is -1.65. The van der Waals surface area contributed by atoms with Crippen molar-refractivity contribution in [3.8, 4) is 0 Å². The van der Waals surface area contributed by atoms with Crippen molar-refractivity contribution in [2.45, 2.75) is 32.7 Å². The Kier molecular flexibility index (Phi) is 4.54. The van der Waals surface area contributed by atoms with Crippen molar-refractivity contribution in [3.05, 3.63) is 16.7 Å². The van der Waals surface area contributed by atoms with Gasteiger partial charge in [-0.15, -0.1) is 15.7 Å². The smallest absolute Gasteiger partial charge is 0.304 e. The highest BCUT2D eigenvalue weighted by Gasteiger charge is 2.34. The van der Waals surface area contributed by atoms with Gasteiger partial charge in [-0.2, -0.15) is 13.5 Å². The second-order valence-electron chi connectivity index (χ2n) is 6.31. The lowest BCUT2D eigenvalue weighted by Gasteiger charge is -2.21. The SMILES string of the molecule is CCN/C(=N\S(=O)(=O)c1c(Cl)nc2sccn12)N1CC(C)(C)C(C)=N1. The Bertz CT molecular complexity index is 973. The van der Waals surface area contributed by atoms with Crippen LogP contribution >= 0.6 is 22.9 Å². The molecule has 0 atom stereocenters. The Morgan fingerprint density at radius 1 is 1.52 bits per heavy atom. The summed E-state index contributed by atoms with van der Waals surface area (Å²) in [5, 5.41) is 10.5. The lowest BCUT2D eigenvalue weighted by atomic mass is 9.89. The van der Waals surface area contributed by atoms with E-state index in [4.69, 9.17) is 11.6 Å². The molecule has 11 heteroatoms. The van der Waals surface area contributed by atoms with E-state index in [1.807, 2.05) is 27.7 Å². The van der Waals surface area contributed by atoms with Crippen molar-refractivity contribution < 1.29 is 8.42 Å². The number of thiazole rings is 1. The molecule has 0 bridgehead atoms. The molecule has 0 radical (unpaired) electrons. The van der Waals surface area contributed by atoms with Gasteiger partial charge in [0.05, 0.1) is 6.54 Å². The molecule has 0 saturated carbocycles. The Labute approximate surface area is 155 Å². The summed E-state index contributed by atoms with van der Waals surface area (Å²) < 4.78 is 31.1. The highest BCUT2D eigenvalue weighted by atomic mass is 35.5. The molecule has 136 valence electrons. The van der Waals surface area contributed by atoms with E-state index in [2.05, 4.69) is 19.8 Å². The van der Waals surface area contributed by atoms with Gasteiger partial charge in [0.2, 0.25) is 11.0 Å². The number of sulfonamides is 1. The van der Waals surface area contributed by atoms with Crippen LogP contribution in [0.3, 0.4) is 0 Å². The summed E-state index contributed by atoms with van der Waals surface area (Å²) in [6.07, 6.45) is 1.61. The van der Waals surface area contributed by atoms with Gasteiger partial charge >= 0.3 is 10.0 Å². The van der Waals surface area contributed by atoms with Crippen LogP contribution in [0, 0.1) is 5.41 Å². The number of hydrogen-bond acceptors (Lipinski definition) is 5. The Balaban J connectivity index is 2.06. The minimum absolute atomic E-state index is 0.0899. The summed E-state index contributed by atoms with van der Waals surface area (Å²) in [4.78, 5) is 4.56. The third-order valence-electron chi connectivity index (χ3n) is 4.00. The molecule has 1 N–H and O–H groups in total. The third-order valence-corrected chi connectivity index (χ3v) is 6.43. The van der Waals surface area contributed by atoms with Crippen molar-refractivity contribution in [3.63, 3.8) is 0 Å². The van der Waals surface area contributed by atoms with Crippen molar-refractivity contribution in [1.82, 2.24) is 19.7 Å². The molecule has 0 spiro atoms. The predicted molar refractivity (Wildman–Crippen MR) is 100.0 cm³/mol. The zero-order valence-electron chi connectivity index (χ0n) is 14.3. The molecule has 8 nitrogen and oxygen atoms in total. The van der Waals surface area contributed by atoms with Gasteiger partial charge in [-0.1, -0.05) is 25.4 Å². The molecule has 0 unspecified atom stereocenters. The number of aromatic nitrogens is 2. The first-order valence-electron chi connectivity index (χ1n) is 7.69. The van der Waals surface area contributed by atoms with E-state index < -0.39 is 10.0 Å². The normalized spacial score (nSPS) is 18.0. The summed E-state index contributed by atoms with van der Waals surface area (Å²) in [5.41, 5.74) is 0.757. The van der Waals surface area contributed by atoms with Crippen LogP contribution < -0.4 is 5.32 Å². The van der Waals surface area contributed by atoms with Gasteiger partial charge in [0.15, 0.2) is 10.1 Å². The maximum absolute atomic E-state index is 12.9. The molecule has 0 aliphatic carbocycles. The van der Waals surface area contributed by atoms with E-state index >= 15 is 0 Å². The summed E-state index contributed by atoms with van der Waals surface area (Å²) >= 11 is 7.35. The van der Waals surface area contributed by atoms with E-state index in [1.165, 1.54) is 15.7 Å². The minimum atomic E-state index is -4.07. The third kappa shape index (κ3) is 3.25. The molecule has 0 saturated heterocycles. The lowest BCUT2D eigenvalue weighted by Crippen LogP contribution is -2.40. The number of halogens is 1. The van der Waals surface area contributed by atoms with Crippen molar-refractivity contribution in [1.29, 1.82) is 0 Å². The molecule has 2 aromatic rings. The first-order valence-corrected chi connectivity index (χ1v) is 10.4. The molecule has 0 amide bonds. The molecule has 3 heterocycles. The van der Waals surface area contributed by atoms with Gasteiger partial charge in [-0.3, -0.25) is 4.40 Å². The summed E-state index contributed by atoms with van der Waals surface area (Å²) in [6.45, 7) is 8.92. The molecular weight excluding hydrogens is 384 g/mol. The fourth-order valence-electron chi connectivity index (χ4n) is 2.42. The van der Waals surface area contributed by atoms with Gasteiger partial charge in [-0.25, -0.2) is 9.99 Å². The number of hydrazone groups is 1. The standard InChI is InChI=1S/C14H19ClN6O2S2/c1-5-16-12(21-8-14(3,4)9(2)18-21)19-25(22,23)11-10(15)17-13-20(11)6-7-24-13/h6-7H,5,8H2,1-4H3,(H,16,19). The number of imidazole rings is 1. The highest BCUT2D eigenvalue weighted by molar-refractivity contribution is 7.90. The molecule has 3 rings (SSSR count). The average Bonchev–Trinajstić information content (AvgIpc) is 3.11. The minimum Gasteiger partial charge on any atom is -0.354 e. The molecule has 0 aromatic carbocycles. The number of guanidine groups is 1. The molecule has 1 aliphatic rings. The van der Waals surface area contributed by atoms with Crippen LogP contribution in [-0.4, -0.2) is 47.6 Å². The van der Waals surface area contributed by atoms with E-state index in [0.717, 1.165) is 5.71 Å². The summed E-state index contributed by atoms with van der Waals surface area (Å²) in [5.74, 6) is 0.175. The summed E-state index contributed by atoms with van der Waals surface area (Å²) in [7, 11) is -4.07. The van der Waals surface area contributed by atoms with Gasteiger partial charge in [-0.05, 0) is 13.8 Å². The quantitative estimate of drug-likeness (QED) is 0.628. The lowest BCUT2D eigenvalue weighted by molar-refractivity contribution is 0.374. The maximum Gasteiger partial charge on any atom is 0.304 e. The van der Waals surface area contributed by atoms with Crippen LogP contribution in [0.2, 0.25) is 5.15 Å². The Morgan fingerprint density at radius 2 is 2.24 bits per heavy atom. The first-order chi connectivity index (χ1) is 11.7. The van der Waals surface area contributed by atoms with Crippen molar-refractivity contribution >= 4 is 49.6 Å². The topological polar surface area (TPSA) is 91.4 Å². The van der Waals surface area contributed by atoms with E-state index in [9.17, 15) is 8.42 Å². The van der Waals surface area contributed by atoms with Crippen molar-refractivity contribution in [2.75, 3.05) is 13.1 Å². The van der Waals surface area contributed by atoms with Crippen LogP contribution in [0.1, 0.15) is 27.7 Å². The first kappa shape index (κ1) is 18.2. The number of hydrogen-bond donors (Lipinski definition) is 1. The van der Waals surface area contributed by atoms with E-state index in [1.54, 1.807) is 16.6 Å². The number of rotatable bonds is 3. The molecule has 0 fully saturated rings. The largest absolute Gasteiger partial charge is 0.354 e. The number of fused-ring (bicyclic) bond motifs is 1. The van der Waals surface area contributed by atoms with E-state index in [0.29, 0.717) is 18.1 Å². The predicted octanol–water partition coefficient (Wildman–Crippen LogP) is 2.42. The van der Waals surface area contributed by atoms with Gasteiger partial charge in [0, 0.05) is 29.2 Å². The molecule has 2 aromatic heterocycles. The van der Waals surface area contributed by atoms with Crippen LogP contribution in [0.4, 0.5) is 0 Å². The fourth-order valence-corrected chi connectivity index (χ4v) is 4.83. The number of nitrogens with one attached hydrogen (secondary N) is 1. The molecule has 25 heavy (non-hydrogen) atoms. The van der Waals surface area contributed by atoms with Gasteiger partial charge < -0.3 is 5.32 Å². The maximum atomic E-state index is 12.9. The second kappa shape index (κ2) is 6.26. The van der Waals surface area contributed by atoms with Gasteiger partial charge in [0.25, 0.3) is 0 Å².